The Kier molecular flexibility index (Phi) is 26.8. The third-order valence-corrected chi connectivity index (χ3v) is 25.1. The van der Waals surface area contributed by atoms with Gasteiger partial charge in [0.2, 0.25) is 17.7 Å². The number of ether oxygens (including phenoxy) is 7. The lowest BCUT2D eigenvalue weighted by atomic mass is 9.59. The molecule has 4 fully saturated rings. The molecule has 125 heavy (non-hydrogen) atoms. The van der Waals surface area contributed by atoms with Crippen LogP contribution < -0.4 is 20.1 Å². The second-order valence-electron chi connectivity index (χ2n) is 37.1. The molecule has 4 saturated heterocycles. The van der Waals surface area contributed by atoms with E-state index in [0.29, 0.717) is 26.1 Å². The molecule has 10 heterocycles. The standard InChI is InChI=1S/C46H54BN6O7.C42H49N5O5.C7H13NO4.CH4/c1-23(2)40(47-45(56)58-7)43(54)53-26(6)10-16-38(53)42-48-21-36(50-42)28-11-13-30-29(17-28)22-60-39-20-31-27(18-33(30)39)12-14-34-32(31)19-35(49-34)37-15-9-25(5)52(37)44(55)41(24(3)4)51-46(57)59-8;1-23-9-15-35(46(23)39(48)51-41(3,4)5)33-19-30-29-20-37-31(18-25(29)12-14-32(30)44-33)28-13-11-26(17-27(28)22-50-37)34-21-43-38(45-34)36-16-10-24(2)47(36)40(49)52-42(6,7)8;1-4(2)5(6(9)10)8-7(11)12-3;/h11-14,17-18,20-21,23-26,37-38,40-41H,9-10,15-16,19,22H2,1-8H3,(H,48,50)(H,51,57);11-14,17-18,20-21,23-24,35-36H,9-10,15-16,19,22H2,1-8H3,(H,43,45);4-5H,1-3H3,(H,8,11)(H,9,10);1H4/t25-,26-,37-,38-,40-,41-;23-,24-,35-,36-;5-;/m000./s1. The minimum absolute atomic E-state index is 0. The summed E-state index contributed by atoms with van der Waals surface area (Å²) in [5, 5.41) is 18.0. The van der Waals surface area contributed by atoms with Crippen LogP contribution in [0.3, 0.4) is 0 Å². The van der Waals surface area contributed by atoms with Crippen LogP contribution in [0.4, 0.5) is 35.3 Å². The first-order valence-corrected chi connectivity index (χ1v) is 43.4. The summed E-state index contributed by atoms with van der Waals surface area (Å²) < 4.78 is 38.4. The number of aromatic amines is 2. The minimum Gasteiger partial charge on any atom is -0.488 e. The number of likely N-dealkylation sites (tertiary alicyclic amines) is 4. The molecule has 6 aromatic carbocycles. The number of aromatic nitrogens is 4. The molecule has 29 heteroatoms. The van der Waals surface area contributed by atoms with E-state index in [1.165, 1.54) is 34.2 Å². The Bertz CT molecular complexity index is 5540. The molecule has 6 amide bonds. The maximum atomic E-state index is 14.0. The Hall–Kier alpha value is -11.8. The van der Waals surface area contributed by atoms with Gasteiger partial charge in [0.15, 0.2) is 0 Å². The number of rotatable bonds is 16. The van der Waals surface area contributed by atoms with Crippen LogP contribution in [0.2, 0.25) is 5.82 Å². The van der Waals surface area contributed by atoms with Crippen molar-refractivity contribution in [2.45, 2.75) is 273 Å². The van der Waals surface area contributed by atoms with E-state index in [1.54, 1.807) is 13.8 Å². The number of hydrogen-bond donors (Lipinski definition) is 5. The lowest BCUT2D eigenvalue weighted by Gasteiger charge is -2.33. The fraction of sp³-hybridized carbons (Fsp3) is 0.500. The highest BCUT2D eigenvalue weighted by Gasteiger charge is 2.47. The van der Waals surface area contributed by atoms with Crippen molar-refractivity contribution in [3.63, 3.8) is 0 Å². The molecule has 28 nitrogen and oxygen atoms in total. The van der Waals surface area contributed by atoms with E-state index in [2.05, 4.69) is 131 Å². The maximum absolute atomic E-state index is 14.0. The topological polar surface area (TPSA) is 340 Å². The van der Waals surface area contributed by atoms with Crippen molar-refractivity contribution in [1.29, 1.82) is 0 Å². The van der Waals surface area contributed by atoms with E-state index < -0.39 is 53.1 Å². The number of fused-ring (bicyclic) bond motifs is 12. The van der Waals surface area contributed by atoms with Crippen molar-refractivity contribution in [3.8, 4) is 56.3 Å². The normalized spacial score (nSPS) is 20.9. The molecule has 0 aliphatic carbocycles. The van der Waals surface area contributed by atoms with E-state index in [1.807, 2.05) is 108 Å². The van der Waals surface area contributed by atoms with E-state index >= 15 is 0 Å². The Labute approximate surface area is 732 Å². The number of carboxylic acids is 1. The largest absolute Gasteiger partial charge is 0.488 e. The van der Waals surface area contributed by atoms with Crippen LogP contribution in [0.1, 0.15) is 216 Å². The summed E-state index contributed by atoms with van der Waals surface area (Å²) in [7, 11) is 5.21. The van der Waals surface area contributed by atoms with Crippen LogP contribution >= 0.6 is 0 Å². The first kappa shape index (κ1) is 90.9. The number of carboxylic acid groups (broad SMARTS) is 1. The Balaban J connectivity index is 0.000000189. The number of nitrogens with one attached hydrogen (secondary N) is 4. The molecule has 0 unspecified atom stereocenters. The van der Waals surface area contributed by atoms with Crippen LogP contribution in [0.15, 0.2) is 107 Å². The van der Waals surface area contributed by atoms with Crippen molar-refractivity contribution in [2.75, 3.05) is 21.3 Å². The highest BCUT2D eigenvalue weighted by Crippen LogP contribution is 2.49. The van der Waals surface area contributed by atoms with E-state index in [-0.39, 0.29) is 97.5 Å². The summed E-state index contributed by atoms with van der Waals surface area (Å²) >= 11 is 0. The van der Waals surface area contributed by atoms with Gasteiger partial charge < -0.3 is 68.7 Å². The summed E-state index contributed by atoms with van der Waals surface area (Å²) in [6.45, 7) is 31.7. The highest BCUT2D eigenvalue weighted by atomic mass is 16.6. The summed E-state index contributed by atoms with van der Waals surface area (Å²) in [6.07, 6.45) is 9.92. The van der Waals surface area contributed by atoms with Crippen LogP contribution in [-0.2, 0) is 64.1 Å². The maximum Gasteiger partial charge on any atom is 0.411 e. The molecule has 5 N–H and O–H groups in total. The number of carbonyl (C=O) groups excluding carboxylic acids is 7. The minimum atomic E-state index is -1.06. The van der Waals surface area contributed by atoms with Crippen molar-refractivity contribution in [3.05, 3.63) is 131 Å². The SMILES string of the molecule is C.COC(=O)N[C@H](C(=O)O)C(C)C.COC(=O)[B][C@H](C(=O)N1[C@@H](C)CC[C@H]1c1ncc(-c2ccc3c(c2)COc2cc4c5c(ccc4cc2-3)N=C([C@@H]2CC[C@H](C)N2C(=O)[C@@H](NC(=O)OC)C(C)C)C5)[nH]1)C(C)C.C[C@H]1CC[C@@H](C2=Nc3ccc4cc5c(cc4c3C2)OCc2cc(-c3cnc([C@@H]4CC[C@H](C)N4C(=O)OC(C)(C)C)[nH]3)ccc2-5)N1C(=O)OC(C)(C)C. The smallest absolute Gasteiger partial charge is 0.411 e. The number of methoxy groups -OCH3 is 3. The number of aliphatic carboxylic acids is 1. The van der Waals surface area contributed by atoms with Gasteiger partial charge in [-0.1, -0.05) is 85.4 Å². The number of alkyl carbamates (subject to hydrolysis) is 2. The number of carbonyl (C=O) groups is 8. The molecule has 11 atom stereocenters. The second-order valence-corrected chi connectivity index (χ2v) is 37.1. The molecule has 2 aromatic heterocycles. The quantitative estimate of drug-likeness (QED) is 0.0443. The zero-order chi connectivity index (χ0) is 89.0. The van der Waals surface area contributed by atoms with Gasteiger partial charge in [-0.15, -0.1) is 0 Å². The lowest BCUT2D eigenvalue weighted by molar-refractivity contribution is -0.140. The van der Waals surface area contributed by atoms with E-state index in [9.17, 15) is 38.4 Å². The number of imidazole rings is 2. The summed E-state index contributed by atoms with van der Waals surface area (Å²) in [5.41, 5.74) is 15.3. The molecule has 8 aromatic rings. The molecule has 8 aliphatic heterocycles. The number of benzene rings is 6. The van der Waals surface area contributed by atoms with Crippen LogP contribution in [0, 0.1) is 17.8 Å². The number of hydrogen-bond acceptors (Lipinski definition) is 19. The summed E-state index contributed by atoms with van der Waals surface area (Å²) in [5.74, 6) is 0.476. The fourth-order valence-electron chi connectivity index (χ4n) is 18.7. The first-order valence-electron chi connectivity index (χ1n) is 43.4. The predicted octanol–water partition coefficient (Wildman–Crippen LogP) is 18.9. The predicted molar refractivity (Wildman–Crippen MR) is 481 cm³/mol. The molecule has 0 bridgehead atoms. The first-order chi connectivity index (χ1) is 58.9. The molecule has 8 aliphatic rings. The zero-order valence-electron chi connectivity index (χ0n) is 74.5. The summed E-state index contributed by atoms with van der Waals surface area (Å²) in [6, 6.07) is 28.0. The van der Waals surface area contributed by atoms with Gasteiger partial charge in [0.05, 0.1) is 80.7 Å². The van der Waals surface area contributed by atoms with E-state index in [0.717, 1.165) is 180 Å². The van der Waals surface area contributed by atoms with Crippen LogP contribution in [-0.4, -0.2) is 192 Å². The average molecular weight is 1710 g/mol. The van der Waals surface area contributed by atoms with Crippen LogP contribution in [0.25, 0.3) is 66.3 Å². The fourth-order valence-corrected chi connectivity index (χ4v) is 18.7. The molecule has 0 spiro atoms. The Morgan fingerprint density at radius 2 is 0.888 bits per heavy atom. The van der Waals surface area contributed by atoms with Crippen molar-refractivity contribution >= 4 is 99.6 Å². The molecular weight excluding hydrogens is 1590 g/mol. The molecule has 16 rings (SSSR count). The monoisotopic (exact) mass is 1710 g/mol. The van der Waals surface area contributed by atoms with Gasteiger partial charge in [-0.25, -0.2) is 33.9 Å². The Morgan fingerprint density at radius 1 is 0.488 bits per heavy atom. The third kappa shape index (κ3) is 19.0. The van der Waals surface area contributed by atoms with Crippen molar-refractivity contribution < 1.29 is 76.6 Å². The number of nitrogens with zero attached hydrogens (tertiary/aromatic N) is 8. The molecular formula is C96H120BN12O16. The Morgan fingerprint density at radius 3 is 1.30 bits per heavy atom. The van der Waals surface area contributed by atoms with Gasteiger partial charge in [-0.3, -0.25) is 34.2 Å². The number of aliphatic imine (C=N–C) groups is 2. The van der Waals surface area contributed by atoms with Crippen molar-refractivity contribution in [2.24, 2.45) is 27.7 Å². The molecule has 0 saturated carbocycles. The molecule has 1 radical (unpaired) electrons. The van der Waals surface area contributed by atoms with Gasteiger partial charge in [0.25, 0.3) is 7.28 Å². The van der Waals surface area contributed by atoms with Gasteiger partial charge >= 0.3 is 30.3 Å². The van der Waals surface area contributed by atoms with Gasteiger partial charge in [0, 0.05) is 65.4 Å². The average Bonchev–Trinajstić information content (AvgIpc) is 1.59. The zero-order valence-corrected chi connectivity index (χ0v) is 74.5. The number of H-pyrrole nitrogens is 2. The van der Waals surface area contributed by atoms with E-state index in [4.69, 9.17) is 53.5 Å². The molecule has 663 valence electrons. The van der Waals surface area contributed by atoms with Gasteiger partial charge in [0.1, 0.15) is 59.6 Å². The van der Waals surface area contributed by atoms with Gasteiger partial charge in [-0.05, 0) is 253 Å². The lowest BCUT2D eigenvalue weighted by Crippen LogP contribution is -2.55. The van der Waals surface area contributed by atoms with Crippen molar-refractivity contribution in [1.82, 2.24) is 50.2 Å². The van der Waals surface area contributed by atoms with Gasteiger partial charge in [-0.2, -0.15) is 0 Å². The second kappa shape index (κ2) is 36.8. The van der Waals surface area contributed by atoms with Crippen LogP contribution in [0.5, 0.6) is 11.5 Å². The third-order valence-electron chi connectivity index (χ3n) is 25.1. The highest BCUT2D eigenvalue weighted by molar-refractivity contribution is 6.75. The summed E-state index contributed by atoms with van der Waals surface area (Å²) in [4.78, 5) is 134. The number of amides is 6.